The molecule has 2 aromatic rings. The lowest BCUT2D eigenvalue weighted by molar-refractivity contribution is 0.0954. The van der Waals surface area contributed by atoms with Gasteiger partial charge in [-0.05, 0) is 30.5 Å². The fourth-order valence-corrected chi connectivity index (χ4v) is 2.88. The molecule has 0 radical (unpaired) electrons. The van der Waals surface area contributed by atoms with Gasteiger partial charge < -0.3 is 16.0 Å². The van der Waals surface area contributed by atoms with Gasteiger partial charge in [0.25, 0.3) is 5.91 Å². The van der Waals surface area contributed by atoms with Gasteiger partial charge in [-0.1, -0.05) is 60.5 Å². The SMILES string of the molecule is CN=C(NCCNC(=O)c1ccccc1Cl)NCC(C)c1cccc(C)c1.I. The topological polar surface area (TPSA) is 65.5 Å². The average Bonchev–Trinajstić information content (AvgIpc) is 2.67. The fraction of sp³-hybridized carbons (Fsp3) is 0.333. The second kappa shape index (κ2) is 12.6. The molecule has 7 heteroatoms. The molecule has 0 fully saturated rings. The molecule has 2 aromatic carbocycles. The third-order valence-electron chi connectivity index (χ3n) is 4.23. The quantitative estimate of drug-likeness (QED) is 0.227. The molecular formula is C21H28ClIN4O. The van der Waals surface area contributed by atoms with Crippen molar-refractivity contribution in [3.63, 3.8) is 0 Å². The van der Waals surface area contributed by atoms with Crippen LogP contribution in [0.5, 0.6) is 0 Å². The Labute approximate surface area is 189 Å². The Morgan fingerprint density at radius 1 is 1.07 bits per heavy atom. The third-order valence-corrected chi connectivity index (χ3v) is 4.56. The molecule has 0 bridgehead atoms. The summed E-state index contributed by atoms with van der Waals surface area (Å²) in [5, 5.41) is 9.82. The van der Waals surface area contributed by atoms with Crippen LogP contribution in [0.2, 0.25) is 5.02 Å². The van der Waals surface area contributed by atoms with Crippen molar-refractivity contribution in [3.05, 3.63) is 70.2 Å². The number of carbonyl (C=O) groups is 1. The van der Waals surface area contributed by atoms with E-state index in [1.54, 1.807) is 31.3 Å². The number of rotatable bonds is 7. The first-order valence-corrected chi connectivity index (χ1v) is 9.43. The minimum atomic E-state index is -0.182. The average molecular weight is 515 g/mol. The molecule has 0 aromatic heterocycles. The van der Waals surface area contributed by atoms with Crippen LogP contribution in [0.25, 0.3) is 0 Å². The fourth-order valence-electron chi connectivity index (χ4n) is 2.66. The zero-order chi connectivity index (χ0) is 19.6. The van der Waals surface area contributed by atoms with Crippen molar-refractivity contribution in [2.24, 2.45) is 4.99 Å². The monoisotopic (exact) mass is 514 g/mol. The molecule has 0 heterocycles. The van der Waals surface area contributed by atoms with Gasteiger partial charge in [-0.25, -0.2) is 0 Å². The lowest BCUT2D eigenvalue weighted by atomic mass is 9.99. The predicted molar refractivity (Wildman–Crippen MR) is 128 cm³/mol. The molecule has 1 unspecified atom stereocenters. The zero-order valence-corrected chi connectivity index (χ0v) is 19.5. The second-order valence-corrected chi connectivity index (χ2v) is 6.84. The molecule has 0 aliphatic carbocycles. The van der Waals surface area contributed by atoms with Crippen molar-refractivity contribution in [1.29, 1.82) is 0 Å². The Balaban J connectivity index is 0.00000392. The van der Waals surface area contributed by atoms with E-state index in [0.29, 0.717) is 35.6 Å². The summed E-state index contributed by atoms with van der Waals surface area (Å²) >= 11 is 6.03. The molecule has 2 rings (SSSR count). The summed E-state index contributed by atoms with van der Waals surface area (Å²) in [6.45, 7) is 6.09. The molecule has 0 aliphatic rings. The maximum absolute atomic E-state index is 12.1. The third kappa shape index (κ3) is 7.67. The van der Waals surface area contributed by atoms with E-state index in [9.17, 15) is 4.79 Å². The summed E-state index contributed by atoms with van der Waals surface area (Å²) < 4.78 is 0. The second-order valence-electron chi connectivity index (χ2n) is 6.43. The Hall–Kier alpha value is -1.80. The molecule has 0 saturated carbocycles. The summed E-state index contributed by atoms with van der Waals surface area (Å²) in [5.74, 6) is 0.892. The molecule has 0 spiro atoms. The minimum Gasteiger partial charge on any atom is -0.356 e. The number of nitrogens with one attached hydrogen (secondary N) is 3. The maximum Gasteiger partial charge on any atom is 0.252 e. The largest absolute Gasteiger partial charge is 0.356 e. The van der Waals surface area contributed by atoms with Crippen LogP contribution in [-0.4, -0.2) is 38.5 Å². The van der Waals surface area contributed by atoms with Crippen molar-refractivity contribution in [2.45, 2.75) is 19.8 Å². The van der Waals surface area contributed by atoms with Crippen molar-refractivity contribution in [3.8, 4) is 0 Å². The van der Waals surface area contributed by atoms with Crippen molar-refractivity contribution < 1.29 is 4.79 Å². The number of aliphatic imine (C=N–C) groups is 1. The Morgan fingerprint density at radius 2 is 1.79 bits per heavy atom. The first-order valence-electron chi connectivity index (χ1n) is 9.05. The van der Waals surface area contributed by atoms with Crippen LogP contribution in [0.3, 0.4) is 0 Å². The summed E-state index contributed by atoms with van der Waals surface area (Å²) in [7, 11) is 1.73. The Morgan fingerprint density at radius 3 is 2.46 bits per heavy atom. The van der Waals surface area contributed by atoms with Gasteiger partial charge in [0.1, 0.15) is 0 Å². The van der Waals surface area contributed by atoms with Crippen molar-refractivity contribution in [1.82, 2.24) is 16.0 Å². The predicted octanol–water partition coefficient (Wildman–Crippen LogP) is 3.96. The highest BCUT2D eigenvalue weighted by Crippen LogP contribution is 2.15. The molecule has 1 atom stereocenters. The highest BCUT2D eigenvalue weighted by atomic mass is 127. The van der Waals surface area contributed by atoms with Crippen LogP contribution < -0.4 is 16.0 Å². The summed E-state index contributed by atoms with van der Waals surface area (Å²) in [6.07, 6.45) is 0. The Bertz CT molecular complexity index is 797. The van der Waals surface area contributed by atoms with E-state index < -0.39 is 0 Å². The van der Waals surface area contributed by atoms with Crippen LogP contribution in [0.4, 0.5) is 0 Å². The van der Waals surface area contributed by atoms with E-state index in [4.69, 9.17) is 11.6 Å². The van der Waals surface area contributed by atoms with E-state index in [0.717, 1.165) is 6.54 Å². The lowest BCUT2D eigenvalue weighted by Gasteiger charge is -2.17. The Kier molecular flexibility index (Phi) is 10.9. The smallest absolute Gasteiger partial charge is 0.252 e. The van der Waals surface area contributed by atoms with Crippen molar-refractivity contribution >= 4 is 47.4 Å². The minimum absolute atomic E-state index is 0. The number of nitrogens with zero attached hydrogens (tertiary/aromatic N) is 1. The van der Waals surface area contributed by atoms with Gasteiger partial charge in [-0.15, -0.1) is 24.0 Å². The number of hydrogen-bond donors (Lipinski definition) is 3. The molecule has 0 saturated heterocycles. The number of hydrogen-bond acceptors (Lipinski definition) is 2. The highest BCUT2D eigenvalue weighted by Gasteiger charge is 2.09. The van der Waals surface area contributed by atoms with Crippen LogP contribution in [0, 0.1) is 6.92 Å². The van der Waals surface area contributed by atoms with E-state index in [-0.39, 0.29) is 29.9 Å². The first kappa shape index (κ1) is 24.2. The van der Waals surface area contributed by atoms with Crippen LogP contribution >= 0.6 is 35.6 Å². The number of carbonyl (C=O) groups excluding carboxylic acids is 1. The van der Waals surface area contributed by atoms with Gasteiger partial charge in [-0.2, -0.15) is 0 Å². The van der Waals surface area contributed by atoms with Gasteiger partial charge in [0.15, 0.2) is 5.96 Å². The standard InChI is InChI=1S/C21H27ClN4O.HI/c1-15-7-6-8-17(13-15)16(2)14-26-21(23-3)25-12-11-24-20(27)18-9-4-5-10-19(18)22;/h4-10,13,16H,11-12,14H2,1-3H3,(H,24,27)(H2,23,25,26);1H. The van der Waals surface area contributed by atoms with Gasteiger partial charge in [0.2, 0.25) is 0 Å². The molecule has 0 aliphatic heterocycles. The first-order chi connectivity index (χ1) is 13.0. The van der Waals surface area contributed by atoms with Crippen LogP contribution in [0.1, 0.15) is 34.3 Å². The summed E-state index contributed by atoms with van der Waals surface area (Å²) in [6, 6.07) is 15.5. The molecule has 1 amide bonds. The number of guanidine groups is 1. The lowest BCUT2D eigenvalue weighted by Crippen LogP contribution is -2.42. The zero-order valence-electron chi connectivity index (χ0n) is 16.5. The van der Waals surface area contributed by atoms with Gasteiger partial charge in [0, 0.05) is 26.7 Å². The number of amides is 1. The van der Waals surface area contributed by atoms with Gasteiger partial charge in [0.05, 0.1) is 10.6 Å². The van der Waals surface area contributed by atoms with E-state index in [1.807, 2.05) is 0 Å². The van der Waals surface area contributed by atoms with E-state index >= 15 is 0 Å². The molecule has 152 valence electrons. The molecule has 5 nitrogen and oxygen atoms in total. The van der Waals surface area contributed by atoms with Gasteiger partial charge in [-0.3, -0.25) is 9.79 Å². The number of halogens is 2. The van der Waals surface area contributed by atoms with Crippen LogP contribution in [0.15, 0.2) is 53.5 Å². The van der Waals surface area contributed by atoms with Crippen molar-refractivity contribution in [2.75, 3.05) is 26.7 Å². The van der Waals surface area contributed by atoms with E-state index in [2.05, 4.69) is 59.1 Å². The summed E-state index contributed by atoms with van der Waals surface area (Å²) in [5.41, 5.74) is 3.04. The van der Waals surface area contributed by atoms with E-state index in [1.165, 1.54) is 11.1 Å². The maximum atomic E-state index is 12.1. The highest BCUT2D eigenvalue weighted by molar-refractivity contribution is 14.0. The van der Waals surface area contributed by atoms with Crippen LogP contribution in [-0.2, 0) is 0 Å². The molecule has 3 N–H and O–H groups in total. The number of aryl methyl sites for hydroxylation is 1. The normalized spacial score (nSPS) is 11.9. The summed E-state index contributed by atoms with van der Waals surface area (Å²) in [4.78, 5) is 16.3. The molecule has 28 heavy (non-hydrogen) atoms. The molecular weight excluding hydrogens is 487 g/mol. The van der Waals surface area contributed by atoms with Gasteiger partial charge >= 0.3 is 0 Å². The number of benzene rings is 2.